The van der Waals surface area contributed by atoms with Crippen molar-refractivity contribution in [3.05, 3.63) is 54.5 Å². The van der Waals surface area contributed by atoms with Crippen molar-refractivity contribution < 1.29 is 13.2 Å². The summed E-state index contributed by atoms with van der Waals surface area (Å²) < 4.78 is 25.1. The number of benzene rings is 1. The van der Waals surface area contributed by atoms with Gasteiger partial charge in [0.25, 0.3) is 0 Å². The van der Waals surface area contributed by atoms with Crippen LogP contribution in [0.2, 0.25) is 0 Å². The van der Waals surface area contributed by atoms with Gasteiger partial charge in [-0.1, -0.05) is 6.07 Å². The molecule has 8 nitrogen and oxygen atoms in total. The molecule has 1 saturated heterocycles. The molecule has 152 valence electrons. The summed E-state index contributed by atoms with van der Waals surface area (Å²) in [6.45, 7) is 1.93. The molecule has 2 aromatic heterocycles. The number of carbonyl (C=O) groups excluding carboxylic acids is 1. The molecule has 1 fully saturated rings. The Balaban J connectivity index is 1.31. The summed E-state index contributed by atoms with van der Waals surface area (Å²) in [5.41, 5.74) is 1.44. The third kappa shape index (κ3) is 4.46. The van der Waals surface area contributed by atoms with Crippen LogP contribution in [0.15, 0.2) is 53.6 Å². The van der Waals surface area contributed by atoms with Crippen molar-refractivity contribution in [2.75, 3.05) is 31.2 Å². The lowest BCUT2D eigenvalue weighted by Gasteiger charge is -2.30. The fourth-order valence-corrected chi connectivity index (χ4v) is 4.31. The summed E-state index contributed by atoms with van der Waals surface area (Å²) >= 11 is 0. The number of fused-ring (bicyclic) bond motifs is 1. The Morgan fingerprint density at radius 3 is 2.52 bits per heavy atom. The Bertz CT molecular complexity index is 1120. The van der Waals surface area contributed by atoms with E-state index >= 15 is 0 Å². The molecule has 29 heavy (non-hydrogen) atoms. The van der Waals surface area contributed by atoms with Gasteiger partial charge in [0.1, 0.15) is 5.82 Å². The Morgan fingerprint density at radius 2 is 1.83 bits per heavy atom. The molecule has 0 spiro atoms. The first-order valence-electron chi connectivity index (χ1n) is 9.52. The largest absolute Gasteiger partial charge is 0.325 e. The summed E-state index contributed by atoms with van der Waals surface area (Å²) in [5, 5.41) is 11.4. The van der Waals surface area contributed by atoms with Crippen molar-refractivity contribution in [1.82, 2.24) is 19.5 Å². The van der Waals surface area contributed by atoms with Gasteiger partial charge in [-0.05, 0) is 62.3 Å². The van der Waals surface area contributed by atoms with Crippen LogP contribution in [0.1, 0.15) is 24.6 Å². The number of likely N-dealkylation sites (tertiary alicyclic amines) is 1. The molecule has 0 radical (unpaired) electrons. The molecule has 1 amide bonds. The van der Waals surface area contributed by atoms with Crippen LogP contribution in [-0.2, 0) is 14.6 Å². The quantitative estimate of drug-likeness (QED) is 0.687. The van der Waals surface area contributed by atoms with Crippen LogP contribution in [0.25, 0.3) is 5.65 Å². The van der Waals surface area contributed by atoms with E-state index in [2.05, 4.69) is 20.4 Å². The normalized spacial score (nSPS) is 16.2. The molecule has 1 aliphatic rings. The average Bonchev–Trinajstić information content (AvgIpc) is 3.12. The first-order valence-corrected chi connectivity index (χ1v) is 11.4. The minimum Gasteiger partial charge on any atom is -0.325 e. The van der Waals surface area contributed by atoms with Crippen LogP contribution in [-0.4, -0.2) is 59.7 Å². The third-order valence-electron chi connectivity index (χ3n) is 5.23. The number of hydrogen-bond acceptors (Lipinski definition) is 6. The smallest absolute Gasteiger partial charge is 0.238 e. The summed E-state index contributed by atoms with van der Waals surface area (Å²) in [4.78, 5) is 14.7. The number of pyridine rings is 1. The number of nitrogens with one attached hydrogen (secondary N) is 1. The number of amides is 1. The fraction of sp³-hybridized carbons (Fsp3) is 0.350. The Labute approximate surface area is 169 Å². The molecular formula is C20H23N5O3S. The van der Waals surface area contributed by atoms with Crippen LogP contribution >= 0.6 is 0 Å². The highest BCUT2D eigenvalue weighted by Gasteiger charge is 2.25. The molecule has 1 aromatic carbocycles. The van der Waals surface area contributed by atoms with Crippen LogP contribution in [0, 0.1) is 0 Å². The summed E-state index contributed by atoms with van der Waals surface area (Å²) in [7, 11) is -3.24. The number of sulfone groups is 1. The highest BCUT2D eigenvalue weighted by atomic mass is 32.2. The van der Waals surface area contributed by atoms with Crippen molar-refractivity contribution in [3.8, 4) is 0 Å². The van der Waals surface area contributed by atoms with Gasteiger partial charge in [-0.25, -0.2) is 8.42 Å². The molecule has 4 rings (SSSR count). The highest BCUT2D eigenvalue weighted by Crippen LogP contribution is 2.27. The Morgan fingerprint density at radius 1 is 1.10 bits per heavy atom. The number of piperidine rings is 1. The molecule has 3 heterocycles. The zero-order valence-electron chi connectivity index (χ0n) is 16.2. The number of nitrogens with zero attached hydrogens (tertiary/aromatic N) is 4. The monoisotopic (exact) mass is 413 g/mol. The Kier molecular flexibility index (Phi) is 5.33. The zero-order valence-corrected chi connectivity index (χ0v) is 17.0. The van der Waals surface area contributed by atoms with Gasteiger partial charge in [0.15, 0.2) is 15.5 Å². The zero-order chi connectivity index (χ0) is 20.4. The van der Waals surface area contributed by atoms with E-state index in [1.807, 2.05) is 28.8 Å². The summed E-state index contributed by atoms with van der Waals surface area (Å²) in [6, 6.07) is 12.1. The maximum atomic E-state index is 12.4. The first kappa shape index (κ1) is 19.5. The molecule has 0 aliphatic carbocycles. The predicted molar refractivity (Wildman–Crippen MR) is 110 cm³/mol. The molecule has 0 unspecified atom stereocenters. The number of aromatic nitrogens is 3. The van der Waals surface area contributed by atoms with Gasteiger partial charge in [-0.15, -0.1) is 10.2 Å². The van der Waals surface area contributed by atoms with E-state index in [1.54, 1.807) is 12.1 Å². The first-order chi connectivity index (χ1) is 13.9. The second-order valence-electron chi connectivity index (χ2n) is 7.38. The van der Waals surface area contributed by atoms with Crippen LogP contribution in [0.4, 0.5) is 5.69 Å². The maximum Gasteiger partial charge on any atom is 0.238 e. The van der Waals surface area contributed by atoms with Crippen molar-refractivity contribution in [1.29, 1.82) is 0 Å². The van der Waals surface area contributed by atoms with Crippen molar-refractivity contribution in [2.24, 2.45) is 0 Å². The average molecular weight is 414 g/mol. The second kappa shape index (κ2) is 7.92. The van der Waals surface area contributed by atoms with E-state index in [0.29, 0.717) is 18.2 Å². The SMILES string of the molecule is CS(=O)(=O)c1ccc(NC(=O)CN2CCC(c3nnc4ccccn34)CC2)cc1. The van der Waals surface area contributed by atoms with Gasteiger partial charge in [0.05, 0.1) is 11.4 Å². The maximum absolute atomic E-state index is 12.4. The second-order valence-corrected chi connectivity index (χ2v) is 9.40. The van der Waals surface area contributed by atoms with E-state index in [4.69, 9.17) is 0 Å². The predicted octanol–water partition coefficient (Wildman–Crippen LogP) is 1.95. The molecule has 3 aromatic rings. The van der Waals surface area contributed by atoms with Crippen molar-refractivity contribution in [3.63, 3.8) is 0 Å². The van der Waals surface area contributed by atoms with E-state index in [-0.39, 0.29) is 10.8 Å². The number of carbonyl (C=O) groups is 1. The molecule has 0 atom stereocenters. The minimum absolute atomic E-state index is 0.108. The van der Waals surface area contributed by atoms with E-state index < -0.39 is 9.84 Å². The van der Waals surface area contributed by atoms with Gasteiger partial charge >= 0.3 is 0 Å². The standard InChI is InChI=1S/C20H23N5O3S/c1-29(27,28)17-7-5-16(6-8-17)21-19(26)14-24-12-9-15(10-13-24)20-23-22-18-4-2-3-11-25(18)20/h2-8,11,15H,9-10,12-14H2,1H3,(H,21,26). The van der Waals surface area contributed by atoms with Gasteiger partial charge in [-0.2, -0.15) is 0 Å². The van der Waals surface area contributed by atoms with E-state index in [1.165, 1.54) is 12.1 Å². The number of rotatable bonds is 5. The lowest BCUT2D eigenvalue weighted by Crippen LogP contribution is -2.39. The molecular weight excluding hydrogens is 390 g/mol. The van der Waals surface area contributed by atoms with Gasteiger partial charge < -0.3 is 5.32 Å². The summed E-state index contributed by atoms with van der Waals surface area (Å²) in [5.74, 6) is 1.20. The van der Waals surface area contributed by atoms with E-state index in [0.717, 1.165) is 43.7 Å². The number of hydrogen-bond donors (Lipinski definition) is 1. The van der Waals surface area contributed by atoms with Gasteiger partial charge in [0, 0.05) is 24.1 Å². The third-order valence-corrected chi connectivity index (χ3v) is 6.35. The van der Waals surface area contributed by atoms with Gasteiger partial charge in [-0.3, -0.25) is 14.1 Å². The fourth-order valence-electron chi connectivity index (χ4n) is 3.68. The topological polar surface area (TPSA) is 96.7 Å². The minimum atomic E-state index is -3.24. The lowest BCUT2D eigenvalue weighted by atomic mass is 9.96. The molecule has 0 saturated carbocycles. The van der Waals surface area contributed by atoms with Crippen molar-refractivity contribution in [2.45, 2.75) is 23.7 Å². The van der Waals surface area contributed by atoms with Crippen LogP contribution in [0.3, 0.4) is 0 Å². The molecule has 1 N–H and O–H groups in total. The highest BCUT2D eigenvalue weighted by molar-refractivity contribution is 7.90. The summed E-state index contributed by atoms with van der Waals surface area (Å²) in [6.07, 6.45) is 4.99. The molecule has 9 heteroatoms. The van der Waals surface area contributed by atoms with Crippen molar-refractivity contribution >= 4 is 27.1 Å². The van der Waals surface area contributed by atoms with E-state index in [9.17, 15) is 13.2 Å². The van der Waals surface area contributed by atoms with Gasteiger partial charge in [0.2, 0.25) is 5.91 Å². The lowest BCUT2D eigenvalue weighted by molar-refractivity contribution is -0.117. The number of anilines is 1. The van der Waals surface area contributed by atoms with Crippen LogP contribution in [0.5, 0.6) is 0 Å². The van der Waals surface area contributed by atoms with Crippen LogP contribution < -0.4 is 5.32 Å². The molecule has 0 bridgehead atoms. The Hall–Kier alpha value is -2.78. The molecule has 1 aliphatic heterocycles.